The topological polar surface area (TPSA) is 49.4 Å². The molecule has 2 heterocycles. The number of hydrogen-bond acceptors (Lipinski definition) is 4. The molecule has 1 aromatic heterocycles. The molecule has 2 rings (SSSR count). The van der Waals surface area contributed by atoms with E-state index in [0.29, 0.717) is 13.0 Å². The summed E-state index contributed by atoms with van der Waals surface area (Å²) in [5, 5.41) is 3.73. The first-order valence-corrected chi connectivity index (χ1v) is 9.49. The lowest BCUT2D eigenvalue weighted by molar-refractivity contribution is 0.342. The SMILES string of the molecule is CN(C1CCCNCC1)S(=O)(=O)c1cc(Cl)c(Br)s1. The third-order valence-electron chi connectivity index (χ3n) is 3.32. The second-order valence-corrected chi connectivity index (χ2v) is 9.54. The van der Waals surface area contributed by atoms with Gasteiger partial charge in [-0.25, -0.2) is 8.42 Å². The summed E-state index contributed by atoms with van der Waals surface area (Å²) in [6, 6.07) is 1.57. The highest BCUT2D eigenvalue weighted by Crippen LogP contribution is 2.36. The number of halogens is 2. The van der Waals surface area contributed by atoms with Crippen LogP contribution in [0.15, 0.2) is 14.1 Å². The van der Waals surface area contributed by atoms with Crippen molar-refractivity contribution in [3.63, 3.8) is 0 Å². The van der Waals surface area contributed by atoms with Crippen molar-refractivity contribution >= 4 is 48.9 Å². The summed E-state index contributed by atoms with van der Waals surface area (Å²) in [6.45, 7) is 1.82. The highest BCUT2D eigenvalue weighted by Gasteiger charge is 2.30. The lowest BCUT2D eigenvalue weighted by Crippen LogP contribution is -2.37. The van der Waals surface area contributed by atoms with Crippen LogP contribution in [-0.4, -0.2) is 38.9 Å². The van der Waals surface area contributed by atoms with Gasteiger partial charge in [0.1, 0.15) is 4.21 Å². The fraction of sp³-hybridized carbons (Fsp3) is 0.636. The van der Waals surface area contributed by atoms with E-state index in [1.807, 2.05) is 0 Å². The maximum absolute atomic E-state index is 12.5. The minimum atomic E-state index is -3.45. The van der Waals surface area contributed by atoms with Crippen LogP contribution in [0, 0.1) is 0 Å². The summed E-state index contributed by atoms with van der Waals surface area (Å²) in [5.74, 6) is 0. The molecule has 0 spiro atoms. The first kappa shape index (κ1) is 15.7. The zero-order valence-corrected chi connectivity index (χ0v) is 14.5. The van der Waals surface area contributed by atoms with Gasteiger partial charge in [0.15, 0.2) is 0 Å². The van der Waals surface area contributed by atoms with Crippen molar-refractivity contribution in [3.8, 4) is 0 Å². The first-order chi connectivity index (χ1) is 8.93. The predicted octanol–water partition coefficient (Wildman–Crippen LogP) is 2.93. The Balaban J connectivity index is 2.22. The van der Waals surface area contributed by atoms with Gasteiger partial charge in [0, 0.05) is 13.1 Å². The zero-order chi connectivity index (χ0) is 14.0. The molecule has 0 radical (unpaired) electrons. The molecule has 1 aromatic rings. The molecule has 108 valence electrons. The van der Waals surface area contributed by atoms with E-state index in [2.05, 4.69) is 21.2 Å². The van der Waals surface area contributed by atoms with Crippen LogP contribution in [-0.2, 0) is 10.0 Å². The molecular weight excluding hydrogens is 372 g/mol. The molecule has 0 saturated carbocycles. The molecule has 1 N–H and O–H groups in total. The van der Waals surface area contributed by atoms with Crippen LogP contribution in [0.3, 0.4) is 0 Å². The van der Waals surface area contributed by atoms with Gasteiger partial charge in [-0.05, 0) is 54.3 Å². The fourth-order valence-corrected chi connectivity index (χ4v) is 6.16. The molecule has 19 heavy (non-hydrogen) atoms. The Morgan fingerprint density at radius 1 is 1.47 bits per heavy atom. The molecule has 0 bridgehead atoms. The van der Waals surface area contributed by atoms with Crippen LogP contribution in [0.25, 0.3) is 0 Å². The van der Waals surface area contributed by atoms with Crippen molar-refractivity contribution in [2.75, 3.05) is 20.1 Å². The van der Waals surface area contributed by atoms with Crippen LogP contribution in [0.4, 0.5) is 0 Å². The Morgan fingerprint density at radius 2 is 2.21 bits per heavy atom. The predicted molar refractivity (Wildman–Crippen MR) is 82.5 cm³/mol. The molecule has 1 saturated heterocycles. The van der Waals surface area contributed by atoms with Crippen molar-refractivity contribution < 1.29 is 8.42 Å². The first-order valence-electron chi connectivity index (χ1n) is 6.06. The van der Waals surface area contributed by atoms with E-state index in [9.17, 15) is 8.42 Å². The minimum Gasteiger partial charge on any atom is -0.317 e. The summed E-state index contributed by atoms with van der Waals surface area (Å²) in [7, 11) is -1.79. The molecule has 0 aromatic carbocycles. The molecule has 1 atom stereocenters. The number of nitrogens with zero attached hydrogens (tertiary/aromatic N) is 1. The third kappa shape index (κ3) is 3.51. The van der Waals surface area contributed by atoms with Gasteiger partial charge in [-0.1, -0.05) is 11.6 Å². The lowest BCUT2D eigenvalue weighted by atomic mass is 10.1. The number of thiophene rings is 1. The smallest absolute Gasteiger partial charge is 0.252 e. The molecule has 1 aliphatic rings. The Bertz CT molecular complexity index is 519. The highest BCUT2D eigenvalue weighted by molar-refractivity contribution is 9.11. The molecule has 4 nitrogen and oxygen atoms in total. The van der Waals surface area contributed by atoms with Gasteiger partial charge < -0.3 is 5.32 Å². The van der Waals surface area contributed by atoms with Gasteiger partial charge in [0.25, 0.3) is 10.0 Å². The van der Waals surface area contributed by atoms with Crippen LogP contribution in [0.5, 0.6) is 0 Å². The monoisotopic (exact) mass is 386 g/mol. The Hall–Kier alpha value is 0.340. The summed E-state index contributed by atoms with van der Waals surface area (Å²) in [4.78, 5) is 0. The molecule has 1 fully saturated rings. The lowest BCUT2D eigenvalue weighted by Gasteiger charge is -2.25. The van der Waals surface area contributed by atoms with Crippen molar-refractivity contribution in [2.24, 2.45) is 0 Å². The van der Waals surface area contributed by atoms with E-state index in [4.69, 9.17) is 11.6 Å². The molecule has 1 aliphatic heterocycles. The average molecular weight is 388 g/mol. The molecule has 0 aliphatic carbocycles. The highest BCUT2D eigenvalue weighted by atomic mass is 79.9. The molecule has 1 unspecified atom stereocenters. The quantitative estimate of drug-likeness (QED) is 0.867. The maximum Gasteiger partial charge on any atom is 0.252 e. The van der Waals surface area contributed by atoms with Gasteiger partial charge in [-0.3, -0.25) is 0 Å². The molecule has 8 heteroatoms. The second kappa shape index (κ2) is 6.41. The average Bonchev–Trinajstić information content (AvgIpc) is 2.60. The van der Waals surface area contributed by atoms with Crippen molar-refractivity contribution in [2.45, 2.75) is 29.5 Å². The van der Waals surface area contributed by atoms with E-state index >= 15 is 0 Å². The Labute approximate surface area is 131 Å². The van der Waals surface area contributed by atoms with Gasteiger partial charge in [-0.2, -0.15) is 4.31 Å². The molecule has 0 amide bonds. The Morgan fingerprint density at radius 3 is 2.84 bits per heavy atom. The summed E-state index contributed by atoms with van der Waals surface area (Å²) < 4.78 is 27.5. The zero-order valence-electron chi connectivity index (χ0n) is 10.5. The van der Waals surface area contributed by atoms with Crippen LogP contribution >= 0.6 is 38.9 Å². The third-order valence-corrected chi connectivity index (χ3v) is 8.15. The van der Waals surface area contributed by atoms with Gasteiger partial charge in [0.2, 0.25) is 0 Å². The number of sulfonamides is 1. The van der Waals surface area contributed by atoms with Crippen LogP contribution < -0.4 is 5.32 Å². The van der Waals surface area contributed by atoms with Crippen molar-refractivity contribution in [1.82, 2.24) is 9.62 Å². The largest absolute Gasteiger partial charge is 0.317 e. The van der Waals surface area contributed by atoms with Crippen molar-refractivity contribution in [1.29, 1.82) is 0 Å². The van der Waals surface area contributed by atoms with Crippen LogP contribution in [0.1, 0.15) is 19.3 Å². The van der Waals surface area contributed by atoms with E-state index in [1.165, 1.54) is 10.4 Å². The van der Waals surface area contributed by atoms with Crippen LogP contribution in [0.2, 0.25) is 5.02 Å². The van der Waals surface area contributed by atoms with E-state index in [1.54, 1.807) is 7.05 Å². The Kier molecular flexibility index (Phi) is 5.30. The summed E-state index contributed by atoms with van der Waals surface area (Å²) in [6.07, 6.45) is 2.73. The van der Waals surface area contributed by atoms with Gasteiger partial charge >= 0.3 is 0 Å². The minimum absolute atomic E-state index is 0.0552. The summed E-state index contributed by atoms with van der Waals surface area (Å²) in [5.41, 5.74) is 0. The van der Waals surface area contributed by atoms with Gasteiger partial charge in [0.05, 0.1) is 8.81 Å². The number of nitrogens with one attached hydrogen (secondary N) is 1. The normalized spacial score (nSPS) is 21.6. The fourth-order valence-electron chi connectivity index (χ4n) is 2.16. The molecular formula is C11H16BrClN2O2S2. The standard InChI is InChI=1S/C11H16BrClN2O2S2/c1-15(8-3-2-5-14-6-4-8)19(16,17)10-7-9(13)11(12)18-10/h7-8,14H,2-6H2,1H3. The van der Waals surface area contributed by atoms with E-state index in [-0.39, 0.29) is 6.04 Å². The summed E-state index contributed by atoms with van der Waals surface area (Å²) >= 11 is 10.3. The second-order valence-electron chi connectivity index (χ2n) is 4.54. The maximum atomic E-state index is 12.5. The van der Waals surface area contributed by atoms with Gasteiger partial charge in [-0.15, -0.1) is 11.3 Å². The van der Waals surface area contributed by atoms with Crippen molar-refractivity contribution in [3.05, 3.63) is 14.9 Å². The van der Waals surface area contributed by atoms with E-state index < -0.39 is 10.0 Å². The van der Waals surface area contributed by atoms with E-state index in [0.717, 1.165) is 43.7 Å². The number of hydrogen-bond donors (Lipinski definition) is 1. The number of rotatable bonds is 3.